The maximum Gasteiger partial charge on any atom is 0.223 e. The van der Waals surface area contributed by atoms with E-state index >= 15 is 0 Å². The lowest BCUT2D eigenvalue weighted by atomic mass is 9.93. The average Bonchev–Trinajstić information content (AvgIpc) is 2.61. The van der Waals surface area contributed by atoms with E-state index < -0.39 is 0 Å². The summed E-state index contributed by atoms with van der Waals surface area (Å²) < 4.78 is 0. The number of rotatable bonds is 4. The summed E-state index contributed by atoms with van der Waals surface area (Å²) in [6, 6.07) is 12.6. The first-order valence-electron chi connectivity index (χ1n) is 8.22. The first kappa shape index (κ1) is 18.5. The fraction of sp³-hybridized carbons (Fsp3) is 0.200. The molecule has 134 valence electrons. The van der Waals surface area contributed by atoms with Crippen LogP contribution in [0, 0.1) is 0 Å². The van der Waals surface area contributed by atoms with Gasteiger partial charge in [-0.25, -0.2) is 0 Å². The summed E-state index contributed by atoms with van der Waals surface area (Å²) in [7, 11) is 0. The Morgan fingerprint density at radius 2 is 1.92 bits per heavy atom. The van der Waals surface area contributed by atoms with Crippen LogP contribution in [0.2, 0.25) is 10.0 Å². The van der Waals surface area contributed by atoms with Crippen LogP contribution in [0.25, 0.3) is 6.08 Å². The number of nitrogens with one attached hydrogen (secondary N) is 1. The van der Waals surface area contributed by atoms with Gasteiger partial charge in [0.05, 0.1) is 12.5 Å². The largest absolute Gasteiger partial charge is 0.352 e. The van der Waals surface area contributed by atoms with Gasteiger partial charge in [0, 0.05) is 29.7 Å². The molecule has 0 saturated heterocycles. The molecule has 0 spiro atoms. The van der Waals surface area contributed by atoms with Crippen molar-refractivity contribution in [2.75, 3.05) is 0 Å². The zero-order valence-electron chi connectivity index (χ0n) is 14.2. The molecule has 0 saturated carbocycles. The predicted octanol–water partition coefficient (Wildman–Crippen LogP) is 4.57. The van der Waals surface area contributed by atoms with Crippen molar-refractivity contribution in [1.82, 2.24) is 10.2 Å². The molecule has 1 unspecified atom stereocenters. The molecule has 1 heterocycles. The Kier molecular flexibility index (Phi) is 5.64. The molecule has 1 aliphatic heterocycles. The topological polar surface area (TPSA) is 49.4 Å². The van der Waals surface area contributed by atoms with Crippen LogP contribution < -0.4 is 5.32 Å². The van der Waals surface area contributed by atoms with Crippen LogP contribution in [0.4, 0.5) is 0 Å². The highest BCUT2D eigenvalue weighted by molar-refractivity contribution is 6.35. The van der Waals surface area contributed by atoms with Crippen molar-refractivity contribution >= 4 is 41.1 Å². The molecule has 3 rings (SSSR count). The molecule has 0 aliphatic carbocycles. The Bertz CT molecular complexity index is 880. The highest BCUT2D eigenvalue weighted by Crippen LogP contribution is 2.32. The smallest absolute Gasteiger partial charge is 0.223 e. The van der Waals surface area contributed by atoms with Gasteiger partial charge in [0.1, 0.15) is 0 Å². The monoisotopic (exact) mass is 388 g/mol. The van der Waals surface area contributed by atoms with Crippen molar-refractivity contribution in [3.63, 3.8) is 0 Å². The van der Waals surface area contributed by atoms with Gasteiger partial charge in [-0.3, -0.25) is 9.59 Å². The number of nitrogens with zero attached hydrogens (tertiary/aromatic N) is 1. The second kappa shape index (κ2) is 7.94. The molecule has 0 radical (unpaired) electrons. The Hall–Kier alpha value is -2.30. The molecule has 4 nitrogen and oxygen atoms in total. The lowest BCUT2D eigenvalue weighted by Crippen LogP contribution is -2.35. The van der Waals surface area contributed by atoms with E-state index in [4.69, 9.17) is 23.2 Å². The van der Waals surface area contributed by atoms with Gasteiger partial charge in [-0.05, 0) is 34.9 Å². The molecule has 1 aliphatic rings. The third-order valence-electron chi connectivity index (χ3n) is 4.34. The number of hydrogen-bond acceptors (Lipinski definition) is 2. The molecule has 0 aromatic heterocycles. The van der Waals surface area contributed by atoms with Crippen LogP contribution in [0.15, 0.2) is 48.7 Å². The Morgan fingerprint density at radius 3 is 2.65 bits per heavy atom. The fourth-order valence-electron chi connectivity index (χ4n) is 3.02. The van der Waals surface area contributed by atoms with Crippen molar-refractivity contribution in [2.45, 2.75) is 25.9 Å². The van der Waals surface area contributed by atoms with Crippen molar-refractivity contribution in [3.05, 3.63) is 75.4 Å². The van der Waals surface area contributed by atoms with Crippen molar-refractivity contribution in [1.29, 1.82) is 0 Å². The van der Waals surface area contributed by atoms with E-state index in [2.05, 4.69) is 5.32 Å². The van der Waals surface area contributed by atoms with Crippen molar-refractivity contribution in [3.8, 4) is 0 Å². The van der Waals surface area contributed by atoms with E-state index in [0.717, 1.165) is 16.7 Å². The van der Waals surface area contributed by atoms with Crippen molar-refractivity contribution in [2.24, 2.45) is 0 Å². The molecule has 2 aromatic rings. The second-order valence-electron chi connectivity index (χ2n) is 6.10. The number of carbonyl (C=O) groups is 2. The maximum absolute atomic E-state index is 12.5. The lowest BCUT2D eigenvalue weighted by molar-refractivity contribution is -0.130. The number of hydrogen-bond donors (Lipinski definition) is 1. The molecule has 2 aromatic carbocycles. The minimum Gasteiger partial charge on any atom is -0.352 e. The van der Waals surface area contributed by atoms with Gasteiger partial charge in [0.2, 0.25) is 11.8 Å². The summed E-state index contributed by atoms with van der Waals surface area (Å²) in [5.74, 6) is -0.258. The van der Waals surface area contributed by atoms with Gasteiger partial charge >= 0.3 is 0 Å². The molecular weight excluding hydrogens is 371 g/mol. The molecule has 6 heteroatoms. The Morgan fingerprint density at radius 1 is 1.15 bits per heavy atom. The van der Waals surface area contributed by atoms with Crippen LogP contribution >= 0.6 is 23.2 Å². The van der Waals surface area contributed by atoms with E-state index in [9.17, 15) is 9.59 Å². The van der Waals surface area contributed by atoms with Gasteiger partial charge < -0.3 is 10.2 Å². The third kappa shape index (κ3) is 4.09. The number of carbonyl (C=O) groups excluding carboxylic acids is 2. The highest BCUT2D eigenvalue weighted by Gasteiger charge is 2.28. The highest BCUT2D eigenvalue weighted by atomic mass is 35.5. The van der Waals surface area contributed by atoms with E-state index in [-0.39, 0.29) is 24.3 Å². The van der Waals surface area contributed by atoms with Crippen LogP contribution in [0.1, 0.15) is 36.1 Å². The normalized spacial score (nSPS) is 15.5. The minimum atomic E-state index is -0.325. The minimum absolute atomic E-state index is 0.103. The Balaban J connectivity index is 1.72. The van der Waals surface area contributed by atoms with Gasteiger partial charge in [-0.2, -0.15) is 0 Å². The second-order valence-corrected chi connectivity index (χ2v) is 6.95. The summed E-state index contributed by atoms with van der Waals surface area (Å²) in [6.45, 7) is 1.80. The van der Waals surface area contributed by atoms with Gasteiger partial charge in [0.25, 0.3) is 0 Å². The summed E-state index contributed by atoms with van der Waals surface area (Å²) in [5.41, 5.74) is 2.77. The van der Waals surface area contributed by atoms with E-state index in [0.29, 0.717) is 16.6 Å². The molecule has 0 bridgehead atoms. The maximum atomic E-state index is 12.5. The zero-order valence-corrected chi connectivity index (χ0v) is 15.7. The Labute approximate surface area is 162 Å². The van der Waals surface area contributed by atoms with Crippen molar-refractivity contribution < 1.29 is 9.59 Å². The molecular formula is C20H18Cl2N2O2. The van der Waals surface area contributed by atoms with E-state index in [1.165, 1.54) is 6.92 Å². The summed E-state index contributed by atoms with van der Waals surface area (Å²) in [5, 5.41) is 3.93. The lowest BCUT2D eigenvalue weighted by Gasteiger charge is -2.32. The van der Waals surface area contributed by atoms with E-state index in [1.807, 2.05) is 30.3 Å². The van der Waals surface area contributed by atoms with Crippen LogP contribution in [0.3, 0.4) is 0 Å². The third-order valence-corrected chi connectivity index (χ3v) is 4.93. The number of benzene rings is 2. The number of amides is 2. The SMILES string of the molecule is CC(=O)N1C=Cc2ccccc2C1CC(=O)NCc1ccc(Cl)cc1Cl. The van der Waals surface area contributed by atoms with Crippen LogP contribution in [0.5, 0.6) is 0 Å². The van der Waals surface area contributed by atoms with Crippen LogP contribution in [-0.2, 0) is 16.1 Å². The summed E-state index contributed by atoms with van der Waals surface area (Å²) >= 11 is 12.0. The fourth-order valence-corrected chi connectivity index (χ4v) is 3.50. The summed E-state index contributed by atoms with van der Waals surface area (Å²) in [4.78, 5) is 26.1. The molecule has 1 N–H and O–H groups in total. The van der Waals surface area contributed by atoms with Gasteiger partial charge in [-0.15, -0.1) is 0 Å². The predicted molar refractivity (Wildman–Crippen MR) is 104 cm³/mol. The molecule has 26 heavy (non-hydrogen) atoms. The average molecular weight is 389 g/mol. The first-order chi connectivity index (χ1) is 12.5. The number of fused-ring (bicyclic) bond motifs is 1. The standard InChI is InChI=1S/C20H18Cl2N2O2/c1-13(25)24-9-8-14-4-2-3-5-17(14)19(24)11-20(26)23-12-15-6-7-16(21)10-18(15)22/h2-10,19H,11-12H2,1H3,(H,23,26). The van der Waals surface area contributed by atoms with Crippen LogP contribution in [-0.4, -0.2) is 16.7 Å². The van der Waals surface area contributed by atoms with Gasteiger partial charge in [-0.1, -0.05) is 53.5 Å². The molecule has 2 amide bonds. The number of halogens is 2. The molecule has 0 fully saturated rings. The quantitative estimate of drug-likeness (QED) is 0.833. The zero-order chi connectivity index (χ0) is 18.7. The first-order valence-corrected chi connectivity index (χ1v) is 8.98. The van der Waals surface area contributed by atoms with E-state index in [1.54, 1.807) is 29.3 Å². The summed E-state index contributed by atoms with van der Waals surface area (Å²) in [6.07, 6.45) is 3.80. The molecule has 1 atom stereocenters. The van der Waals surface area contributed by atoms with Gasteiger partial charge in [0.15, 0.2) is 0 Å².